The van der Waals surface area contributed by atoms with E-state index < -0.39 is 5.43 Å². The molecule has 12 heavy (non-hydrogen) atoms. The molecule has 0 aromatic carbocycles. The Balaban J connectivity index is 4.12. The van der Waals surface area contributed by atoms with E-state index in [9.17, 15) is 4.79 Å². The van der Waals surface area contributed by atoms with Crippen LogP contribution in [0.2, 0.25) is 0 Å². The van der Waals surface area contributed by atoms with Gasteiger partial charge in [-0.15, -0.1) is 0 Å². The van der Waals surface area contributed by atoms with E-state index >= 15 is 0 Å². The van der Waals surface area contributed by atoms with Crippen molar-refractivity contribution in [2.45, 2.75) is 40.2 Å². The lowest BCUT2D eigenvalue weighted by Gasteiger charge is -2.25. The fourth-order valence-corrected chi connectivity index (χ4v) is 1.35. The Morgan fingerprint density at radius 3 is 2.17 bits per heavy atom. The van der Waals surface area contributed by atoms with Gasteiger partial charge in [-0.25, -0.2) is 4.79 Å². The van der Waals surface area contributed by atoms with E-state index in [0.29, 0.717) is 11.8 Å². The van der Waals surface area contributed by atoms with Crippen molar-refractivity contribution in [2.75, 3.05) is 0 Å². The van der Waals surface area contributed by atoms with Crippen molar-refractivity contribution in [1.82, 2.24) is 0 Å². The molecule has 0 N–H and O–H groups in total. The fraction of sp³-hybridized carbons (Fsp3) is 0.889. The molecular formula is C9H17ClO2. The minimum absolute atomic E-state index is 0.0556. The van der Waals surface area contributed by atoms with Crippen molar-refractivity contribution >= 4 is 17.0 Å². The Bertz CT molecular complexity index is 145. The third-order valence-corrected chi connectivity index (χ3v) is 2.18. The summed E-state index contributed by atoms with van der Waals surface area (Å²) < 4.78 is 4.99. The number of carbonyl (C=O) groups is 1. The molecule has 0 heterocycles. The van der Waals surface area contributed by atoms with Crippen LogP contribution in [-0.4, -0.2) is 11.5 Å². The highest BCUT2D eigenvalue weighted by Gasteiger charge is 2.22. The predicted molar refractivity (Wildman–Crippen MR) is 50.4 cm³/mol. The number of halogens is 1. The quantitative estimate of drug-likeness (QED) is 0.638. The highest BCUT2D eigenvalue weighted by molar-refractivity contribution is 6.61. The molecule has 0 fully saturated rings. The summed E-state index contributed by atoms with van der Waals surface area (Å²) in [6, 6.07) is 0. The number of rotatable bonds is 4. The van der Waals surface area contributed by atoms with E-state index in [4.69, 9.17) is 16.3 Å². The second-order valence-corrected chi connectivity index (χ2v) is 3.76. The minimum Gasteiger partial charge on any atom is -0.450 e. The van der Waals surface area contributed by atoms with Gasteiger partial charge in [-0.3, -0.25) is 0 Å². The first-order valence-electron chi connectivity index (χ1n) is 4.35. The van der Waals surface area contributed by atoms with Gasteiger partial charge < -0.3 is 4.74 Å². The topological polar surface area (TPSA) is 26.3 Å². The third-order valence-electron chi connectivity index (χ3n) is 2.09. The van der Waals surface area contributed by atoms with Crippen LogP contribution in [0, 0.1) is 11.8 Å². The molecule has 0 rings (SSSR count). The molecule has 0 bridgehead atoms. The second kappa shape index (κ2) is 5.41. The van der Waals surface area contributed by atoms with E-state index in [2.05, 4.69) is 13.8 Å². The van der Waals surface area contributed by atoms with Gasteiger partial charge >= 0.3 is 5.43 Å². The van der Waals surface area contributed by atoms with Crippen molar-refractivity contribution in [3.8, 4) is 0 Å². The summed E-state index contributed by atoms with van der Waals surface area (Å²) >= 11 is 5.16. The van der Waals surface area contributed by atoms with Crippen LogP contribution in [0.1, 0.15) is 34.1 Å². The van der Waals surface area contributed by atoms with Crippen LogP contribution in [0.15, 0.2) is 0 Å². The smallest absolute Gasteiger partial charge is 0.404 e. The monoisotopic (exact) mass is 192 g/mol. The Hall–Kier alpha value is -0.240. The molecule has 0 unspecified atom stereocenters. The average Bonchev–Trinajstić information content (AvgIpc) is 1.98. The summed E-state index contributed by atoms with van der Waals surface area (Å²) in [5, 5.41) is 0. The average molecular weight is 193 g/mol. The highest BCUT2D eigenvalue weighted by Crippen LogP contribution is 2.20. The Labute approximate surface area is 79.2 Å². The molecule has 0 saturated carbocycles. The lowest BCUT2D eigenvalue weighted by Crippen LogP contribution is -2.28. The standard InChI is InChI=1S/C9H17ClO2/c1-5-7(4)8(6(2)3)12-9(10)11/h6-8H,5H2,1-4H3/t7-,8+/m0/s1. The largest absolute Gasteiger partial charge is 0.450 e. The van der Waals surface area contributed by atoms with E-state index in [0.717, 1.165) is 6.42 Å². The fourth-order valence-electron chi connectivity index (χ4n) is 1.25. The van der Waals surface area contributed by atoms with Gasteiger partial charge in [0.1, 0.15) is 6.10 Å². The molecular weight excluding hydrogens is 176 g/mol. The molecule has 0 spiro atoms. The lowest BCUT2D eigenvalue weighted by atomic mass is 9.93. The van der Waals surface area contributed by atoms with Gasteiger partial charge in [0.05, 0.1) is 0 Å². The zero-order valence-corrected chi connectivity index (χ0v) is 8.89. The second-order valence-electron chi connectivity index (χ2n) is 3.45. The van der Waals surface area contributed by atoms with Gasteiger partial charge in [0.15, 0.2) is 0 Å². The van der Waals surface area contributed by atoms with Crippen LogP contribution in [-0.2, 0) is 4.74 Å². The molecule has 0 saturated heterocycles. The maximum atomic E-state index is 10.5. The van der Waals surface area contributed by atoms with Gasteiger partial charge in [0.2, 0.25) is 0 Å². The predicted octanol–water partition coefficient (Wildman–Crippen LogP) is 3.43. The maximum Gasteiger partial charge on any atom is 0.404 e. The number of hydrogen-bond donors (Lipinski definition) is 0. The lowest BCUT2D eigenvalue weighted by molar-refractivity contribution is 0.0522. The first kappa shape index (κ1) is 11.8. The van der Waals surface area contributed by atoms with Gasteiger partial charge in [0.25, 0.3) is 0 Å². The minimum atomic E-state index is -0.700. The molecule has 3 heteroatoms. The Morgan fingerprint density at radius 1 is 1.42 bits per heavy atom. The van der Waals surface area contributed by atoms with Crippen molar-refractivity contribution in [3.05, 3.63) is 0 Å². The summed E-state index contributed by atoms with van der Waals surface area (Å²) in [6.45, 7) is 8.18. The first-order chi connectivity index (χ1) is 5.49. The molecule has 2 atom stereocenters. The number of ether oxygens (including phenoxy) is 1. The van der Waals surface area contributed by atoms with Crippen LogP contribution < -0.4 is 0 Å². The number of carbonyl (C=O) groups excluding carboxylic acids is 1. The Morgan fingerprint density at radius 2 is 1.92 bits per heavy atom. The van der Waals surface area contributed by atoms with Gasteiger partial charge in [-0.05, 0) is 11.8 Å². The molecule has 0 amide bonds. The van der Waals surface area contributed by atoms with Gasteiger partial charge in [0, 0.05) is 11.6 Å². The molecule has 0 aliphatic carbocycles. The van der Waals surface area contributed by atoms with E-state index in [1.54, 1.807) is 0 Å². The third kappa shape index (κ3) is 3.96. The summed E-state index contributed by atoms with van der Waals surface area (Å²) in [5.41, 5.74) is -0.700. The molecule has 0 aliphatic rings. The van der Waals surface area contributed by atoms with Crippen molar-refractivity contribution < 1.29 is 9.53 Å². The van der Waals surface area contributed by atoms with Crippen LogP contribution in [0.5, 0.6) is 0 Å². The zero-order chi connectivity index (χ0) is 9.72. The van der Waals surface area contributed by atoms with Crippen molar-refractivity contribution in [1.29, 1.82) is 0 Å². The highest BCUT2D eigenvalue weighted by atomic mass is 35.5. The van der Waals surface area contributed by atoms with Crippen molar-refractivity contribution in [3.63, 3.8) is 0 Å². The van der Waals surface area contributed by atoms with Crippen LogP contribution in [0.3, 0.4) is 0 Å². The normalized spacial score (nSPS) is 15.8. The molecule has 0 aliphatic heterocycles. The van der Waals surface area contributed by atoms with E-state index in [1.165, 1.54) is 0 Å². The maximum absolute atomic E-state index is 10.5. The van der Waals surface area contributed by atoms with Gasteiger partial charge in [-0.2, -0.15) is 0 Å². The molecule has 72 valence electrons. The molecule has 0 aromatic heterocycles. The Kier molecular flexibility index (Phi) is 5.31. The van der Waals surface area contributed by atoms with Gasteiger partial charge in [-0.1, -0.05) is 34.1 Å². The zero-order valence-electron chi connectivity index (χ0n) is 8.13. The SMILES string of the molecule is CC[C@H](C)[C@H](OC(=O)Cl)C(C)C. The first-order valence-corrected chi connectivity index (χ1v) is 4.72. The summed E-state index contributed by atoms with van der Waals surface area (Å²) in [5.74, 6) is 0.690. The van der Waals surface area contributed by atoms with Crippen LogP contribution in [0.25, 0.3) is 0 Å². The van der Waals surface area contributed by atoms with Crippen LogP contribution >= 0.6 is 11.6 Å². The van der Waals surface area contributed by atoms with Crippen molar-refractivity contribution in [2.24, 2.45) is 11.8 Å². The summed E-state index contributed by atoms with van der Waals surface area (Å²) in [7, 11) is 0. The number of hydrogen-bond acceptors (Lipinski definition) is 2. The van der Waals surface area contributed by atoms with Crippen LogP contribution in [0.4, 0.5) is 4.79 Å². The van der Waals surface area contributed by atoms with E-state index in [-0.39, 0.29) is 6.10 Å². The molecule has 0 radical (unpaired) electrons. The van der Waals surface area contributed by atoms with E-state index in [1.807, 2.05) is 13.8 Å². The summed E-state index contributed by atoms with van der Waals surface area (Å²) in [4.78, 5) is 10.5. The summed E-state index contributed by atoms with van der Waals surface area (Å²) in [6.07, 6.45) is 0.938. The molecule has 0 aromatic rings. The molecule has 2 nitrogen and oxygen atoms in total.